The number of halogens is 1. The Balaban J connectivity index is 1.97. The molecule has 1 atom stereocenters. The SMILES string of the molecule is CN1C(=O)CCc2cc(C(N)c3ccoc3Br)ccc21. The number of nitrogens with zero attached hydrogens (tertiary/aromatic N) is 1. The van der Waals surface area contributed by atoms with Crippen LogP contribution in [0.1, 0.15) is 29.2 Å². The third-order valence-corrected chi connectivity index (χ3v) is 4.43. The molecule has 1 aromatic carbocycles. The number of nitrogens with two attached hydrogens (primary N) is 1. The fourth-order valence-corrected chi connectivity index (χ4v) is 3.06. The minimum Gasteiger partial charge on any atom is -0.457 e. The molecule has 0 fully saturated rings. The third-order valence-electron chi connectivity index (χ3n) is 3.79. The van der Waals surface area contributed by atoms with Gasteiger partial charge in [0.2, 0.25) is 5.91 Å². The van der Waals surface area contributed by atoms with Crippen molar-refractivity contribution in [2.75, 3.05) is 11.9 Å². The maximum atomic E-state index is 11.7. The number of hydrogen-bond donors (Lipinski definition) is 1. The molecule has 2 aromatic rings. The van der Waals surface area contributed by atoms with E-state index in [1.807, 2.05) is 25.2 Å². The lowest BCUT2D eigenvalue weighted by molar-refractivity contribution is -0.118. The fraction of sp³-hybridized carbons (Fsp3) is 0.267. The van der Waals surface area contributed by atoms with E-state index < -0.39 is 0 Å². The number of aryl methyl sites for hydroxylation is 1. The standard InChI is InChI=1S/C15H15BrN2O2/c1-18-12-4-2-10(8-9(12)3-5-13(18)19)14(17)11-6-7-20-15(11)16/h2,4,6-8,14H,3,5,17H2,1H3. The molecule has 0 saturated heterocycles. The lowest BCUT2D eigenvalue weighted by Crippen LogP contribution is -2.31. The third kappa shape index (κ3) is 2.17. The highest BCUT2D eigenvalue weighted by molar-refractivity contribution is 9.10. The van der Waals surface area contributed by atoms with Crippen molar-refractivity contribution in [2.24, 2.45) is 5.73 Å². The van der Waals surface area contributed by atoms with Crippen molar-refractivity contribution in [1.29, 1.82) is 0 Å². The van der Waals surface area contributed by atoms with Crippen molar-refractivity contribution in [3.05, 3.63) is 51.9 Å². The first kappa shape index (κ1) is 13.4. The summed E-state index contributed by atoms with van der Waals surface area (Å²) in [7, 11) is 1.81. The fourth-order valence-electron chi connectivity index (χ4n) is 2.58. The Bertz CT molecular complexity index is 666. The quantitative estimate of drug-likeness (QED) is 0.918. The molecule has 3 rings (SSSR count). The zero-order valence-corrected chi connectivity index (χ0v) is 12.7. The van der Waals surface area contributed by atoms with Gasteiger partial charge in [0.15, 0.2) is 4.67 Å². The number of anilines is 1. The number of benzene rings is 1. The van der Waals surface area contributed by atoms with Crippen LogP contribution in [-0.4, -0.2) is 13.0 Å². The molecular formula is C15H15BrN2O2. The predicted molar refractivity (Wildman–Crippen MR) is 80.6 cm³/mol. The second-order valence-electron chi connectivity index (χ2n) is 4.97. The van der Waals surface area contributed by atoms with Gasteiger partial charge in [0.25, 0.3) is 0 Å². The number of furan rings is 1. The monoisotopic (exact) mass is 334 g/mol. The maximum Gasteiger partial charge on any atom is 0.227 e. The van der Waals surface area contributed by atoms with Crippen molar-refractivity contribution in [1.82, 2.24) is 0 Å². The zero-order valence-electron chi connectivity index (χ0n) is 11.1. The predicted octanol–water partition coefficient (Wildman–Crippen LogP) is 3.00. The van der Waals surface area contributed by atoms with Gasteiger partial charge in [0.05, 0.1) is 12.3 Å². The van der Waals surface area contributed by atoms with Crippen LogP contribution in [0.3, 0.4) is 0 Å². The highest BCUT2D eigenvalue weighted by Gasteiger charge is 2.22. The molecule has 1 amide bonds. The summed E-state index contributed by atoms with van der Waals surface area (Å²) in [6.07, 6.45) is 2.94. The van der Waals surface area contributed by atoms with Crippen LogP contribution < -0.4 is 10.6 Å². The van der Waals surface area contributed by atoms with Gasteiger partial charge < -0.3 is 15.1 Å². The molecule has 0 bridgehead atoms. The molecule has 1 aromatic heterocycles. The smallest absolute Gasteiger partial charge is 0.227 e. The largest absolute Gasteiger partial charge is 0.457 e. The van der Waals surface area contributed by atoms with Gasteiger partial charge in [-0.15, -0.1) is 0 Å². The van der Waals surface area contributed by atoms with Gasteiger partial charge in [-0.05, 0) is 45.6 Å². The number of rotatable bonds is 2. The van der Waals surface area contributed by atoms with E-state index >= 15 is 0 Å². The highest BCUT2D eigenvalue weighted by Crippen LogP contribution is 2.32. The average Bonchev–Trinajstić information content (AvgIpc) is 2.88. The number of carbonyl (C=O) groups is 1. The molecule has 1 aliphatic rings. The summed E-state index contributed by atoms with van der Waals surface area (Å²) in [6, 6.07) is 7.65. The summed E-state index contributed by atoms with van der Waals surface area (Å²) >= 11 is 3.36. The van der Waals surface area contributed by atoms with Gasteiger partial charge in [-0.2, -0.15) is 0 Å². The highest BCUT2D eigenvalue weighted by atomic mass is 79.9. The van der Waals surface area contributed by atoms with Crippen LogP contribution in [0.2, 0.25) is 0 Å². The van der Waals surface area contributed by atoms with E-state index in [0.717, 1.165) is 23.2 Å². The Morgan fingerprint density at radius 1 is 1.35 bits per heavy atom. The van der Waals surface area contributed by atoms with Crippen LogP contribution in [-0.2, 0) is 11.2 Å². The minimum atomic E-state index is -0.239. The Morgan fingerprint density at radius 3 is 2.85 bits per heavy atom. The maximum absolute atomic E-state index is 11.7. The molecule has 0 spiro atoms. The van der Waals surface area contributed by atoms with E-state index in [1.165, 1.54) is 5.56 Å². The van der Waals surface area contributed by atoms with Gasteiger partial charge in [0, 0.05) is 24.7 Å². The van der Waals surface area contributed by atoms with Gasteiger partial charge in [-0.1, -0.05) is 12.1 Å². The average molecular weight is 335 g/mol. The van der Waals surface area contributed by atoms with Gasteiger partial charge in [0.1, 0.15) is 0 Å². The van der Waals surface area contributed by atoms with Crippen LogP contribution in [0.25, 0.3) is 0 Å². The van der Waals surface area contributed by atoms with Gasteiger partial charge in [-0.3, -0.25) is 4.79 Å². The minimum absolute atomic E-state index is 0.159. The lowest BCUT2D eigenvalue weighted by Gasteiger charge is -2.26. The Kier molecular flexibility index (Phi) is 3.40. The molecular weight excluding hydrogens is 320 g/mol. The summed E-state index contributed by atoms with van der Waals surface area (Å²) in [4.78, 5) is 13.4. The van der Waals surface area contributed by atoms with Crippen molar-refractivity contribution in [3.63, 3.8) is 0 Å². The molecule has 20 heavy (non-hydrogen) atoms. The van der Waals surface area contributed by atoms with E-state index in [-0.39, 0.29) is 11.9 Å². The molecule has 2 N–H and O–H groups in total. The van der Waals surface area contributed by atoms with Crippen molar-refractivity contribution < 1.29 is 9.21 Å². The first-order valence-electron chi connectivity index (χ1n) is 6.46. The molecule has 5 heteroatoms. The number of fused-ring (bicyclic) bond motifs is 1. The molecule has 104 valence electrons. The van der Waals surface area contributed by atoms with Gasteiger partial charge >= 0.3 is 0 Å². The van der Waals surface area contributed by atoms with E-state index in [1.54, 1.807) is 11.2 Å². The molecule has 2 heterocycles. The summed E-state index contributed by atoms with van der Waals surface area (Å²) in [5.41, 5.74) is 10.4. The zero-order chi connectivity index (χ0) is 14.3. The van der Waals surface area contributed by atoms with Crippen LogP contribution in [0, 0.1) is 0 Å². The molecule has 1 unspecified atom stereocenters. The molecule has 0 radical (unpaired) electrons. The first-order valence-corrected chi connectivity index (χ1v) is 7.25. The topological polar surface area (TPSA) is 59.5 Å². The number of carbonyl (C=O) groups excluding carboxylic acids is 1. The Labute approximate surface area is 125 Å². The number of hydrogen-bond acceptors (Lipinski definition) is 3. The van der Waals surface area contributed by atoms with Crippen LogP contribution in [0.5, 0.6) is 0 Å². The normalized spacial score (nSPS) is 16.1. The summed E-state index contributed by atoms with van der Waals surface area (Å²) in [5.74, 6) is 0.159. The van der Waals surface area contributed by atoms with E-state index in [4.69, 9.17) is 10.2 Å². The van der Waals surface area contributed by atoms with Crippen LogP contribution in [0.15, 0.2) is 39.6 Å². The van der Waals surface area contributed by atoms with Crippen molar-refractivity contribution in [3.8, 4) is 0 Å². The summed E-state index contributed by atoms with van der Waals surface area (Å²) in [6.45, 7) is 0. The first-order chi connectivity index (χ1) is 9.58. The van der Waals surface area contributed by atoms with Crippen LogP contribution >= 0.6 is 15.9 Å². The number of amides is 1. The lowest BCUT2D eigenvalue weighted by atomic mass is 9.94. The van der Waals surface area contributed by atoms with E-state index in [9.17, 15) is 4.79 Å². The second-order valence-corrected chi connectivity index (χ2v) is 5.69. The Morgan fingerprint density at radius 2 is 2.15 bits per heavy atom. The molecule has 0 aliphatic carbocycles. The van der Waals surface area contributed by atoms with Crippen molar-refractivity contribution >= 4 is 27.5 Å². The molecule has 1 aliphatic heterocycles. The van der Waals surface area contributed by atoms with Crippen LogP contribution in [0.4, 0.5) is 5.69 Å². The molecule has 4 nitrogen and oxygen atoms in total. The van der Waals surface area contributed by atoms with Crippen molar-refractivity contribution in [2.45, 2.75) is 18.9 Å². The second kappa shape index (κ2) is 5.07. The van der Waals surface area contributed by atoms with Gasteiger partial charge in [-0.25, -0.2) is 0 Å². The Hall–Kier alpha value is -1.59. The molecule has 0 saturated carbocycles. The van der Waals surface area contributed by atoms with E-state index in [0.29, 0.717) is 11.1 Å². The summed E-state index contributed by atoms with van der Waals surface area (Å²) < 4.78 is 5.90. The summed E-state index contributed by atoms with van der Waals surface area (Å²) in [5, 5.41) is 0. The van der Waals surface area contributed by atoms with E-state index in [2.05, 4.69) is 22.0 Å².